The maximum Gasteiger partial charge on any atom is 0.349 e. The Morgan fingerprint density at radius 1 is 0.451 bits per heavy atom. The maximum atomic E-state index is 14.7. The molecule has 8 aromatic carbocycles. The number of hydrogen-bond donors (Lipinski definition) is 4. The molecule has 0 saturated carbocycles. The third-order valence-electron chi connectivity index (χ3n) is 15.7. The zero-order chi connectivity index (χ0) is 74.3. The lowest BCUT2D eigenvalue weighted by Gasteiger charge is -2.32. The van der Waals surface area contributed by atoms with Crippen LogP contribution in [0.25, 0.3) is 0 Å². The molecule has 528 valence electrons. The van der Waals surface area contributed by atoms with E-state index in [1.165, 1.54) is 121 Å². The summed E-state index contributed by atoms with van der Waals surface area (Å²) in [5, 5.41) is 59.2. The summed E-state index contributed by atoms with van der Waals surface area (Å²) < 4.78 is 87.3. The Morgan fingerprint density at radius 2 is 0.725 bits per heavy atom. The summed E-state index contributed by atoms with van der Waals surface area (Å²) in [6.45, 7) is 1.34. The van der Waals surface area contributed by atoms with Crippen LogP contribution < -0.4 is 20.0 Å². The molecule has 0 amide bonds. The third kappa shape index (κ3) is 20.6. The molecule has 8 aromatic rings. The van der Waals surface area contributed by atoms with Gasteiger partial charge in [-0.15, -0.1) is 0 Å². The molecule has 10 rings (SSSR count). The largest absolute Gasteiger partial charge is 0.546 e. The van der Waals surface area contributed by atoms with Crippen LogP contribution in [0, 0.1) is 34.3 Å². The highest BCUT2D eigenvalue weighted by atomic mass is 19.1. The van der Waals surface area contributed by atoms with Gasteiger partial charge in [-0.05, 0) is 130 Å². The number of nitriles is 2. The number of carbonyl (C=O) groups is 8. The molecule has 0 unspecified atom stereocenters. The average molecular weight is 1400 g/mol. The van der Waals surface area contributed by atoms with Gasteiger partial charge in [-0.25, -0.2) is 46.3 Å². The molecule has 0 bridgehead atoms. The second-order valence-electron chi connectivity index (χ2n) is 23.7. The minimum atomic E-state index is -2.33. The molecule has 0 radical (unpaired) electrons. The predicted octanol–water partition coefficient (Wildman–Crippen LogP) is 5.23. The molecule has 0 saturated heterocycles. The Hall–Kier alpha value is -11.9. The zero-order valence-corrected chi connectivity index (χ0v) is 55.2. The Bertz CT molecular complexity index is 3900. The van der Waals surface area contributed by atoms with Crippen molar-refractivity contribution in [3.05, 3.63) is 285 Å². The smallest absolute Gasteiger partial charge is 0.349 e. The molecule has 8 atom stereocenters. The molecule has 4 N–H and O–H groups in total. The van der Waals surface area contributed by atoms with Crippen LogP contribution in [0.4, 0.5) is 17.6 Å². The topological polar surface area (TPSA) is 335 Å². The fourth-order valence-corrected chi connectivity index (χ4v) is 11.0. The van der Waals surface area contributed by atoms with Gasteiger partial charge in [-0.1, -0.05) is 109 Å². The molecular formula is C76H68F4N4O18. The molecule has 2 aliphatic heterocycles. The van der Waals surface area contributed by atoms with Crippen molar-refractivity contribution >= 4 is 47.8 Å². The molecule has 102 heavy (non-hydrogen) atoms. The highest BCUT2D eigenvalue weighted by molar-refractivity contribution is 5.96. The van der Waals surface area contributed by atoms with Gasteiger partial charge >= 0.3 is 35.8 Å². The van der Waals surface area contributed by atoms with Crippen molar-refractivity contribution in [2.45, 2.75) is 74.0 Å². The first-order chi connectivity index (χ1) is 48.7. The summed E-state index contributed by atoms with van der Waals surface area (Å²) in [7, 11) is 7.61. The Kier molecular flexibility index (Phi) is 27.5. The van der Waals surface area contributed by atoms with Crippen molar-refractivity contribution in [1.29, 1.82) is 10.5 Å². The standard InChI is InChI=1S/2C20H20F2N2O.2C18H14O8/c2*1-24(2)12-18(22)10-20(16-4-6-17(21)7-5-16)19-8-3-14(11-23)9-15(19)13-25-20;2*19-15(20)13(25-17(23)11-7-3-1-4-8-11)14(16(21)22)26-18(24)12-9-5-2-6-10-12/h2*3-9,18H,10,12-13H2,1-2H3;2*1-10,13-14H,(H,19,20)(H,21,22)/t2*18-,20-;2*13-,14-/m0011/s1. The van der Waals surface area contributed by atoms with Crippen LogP contribution in [-0.4, -0.2) is 136 Å². The van der Waals surface area contributed by atoms with Crippen molar-refractivity contribution in [2.75, 3.05) is 41.3 Å². The Morgan fingerprint density at radius 3 is 0.971 bits per heavy atom. The lowest BCUT2D eigenvalue weighted by atomic mass is 9.81. The minimum absolute atomic E-state index is 0.00252. The number of nitrogens with zero attached hydrogens (tertiary/aromatic N) is 2. The first-order valence-electron chi connectivity index (χ1n) is 31.3. The van der Waals surface area contributed by atoms with E-state index in [1.807, 2.05) is 40.3 Å². The zero-order valence-electron chi connectivity index (χ0n) is 55.2. The van der Waals surface area contributed by atoms with Crippen LogP contribution in [-0.2, 0) is 72.0 Å². The molecular weight excluding hydrogens is 1330 g/mol. The number of fused-ring (bicyclic) bond motifs is 2. The first kappa shape index (κ1) is 77.4. The van der Waals surface area contributed by atoms with E-state index in [-0.39, 0.29) is 46.7 Å². The number of nitrogens with one attached hydrogen (secondary N) is 2. The van der Waals surface area contributed by atoms with Gasteiger partial charge in [-0.2, -0.15) is 10.5 Å². The second-order valence-corrected chi connectivity index (χ2v) is 23.7. The molecule has 2 heterocycles. The van der Waals surface area contributed by atoms with E-state index in [2.05, 4.69) is 12.1 Å². The fourth-order valence-electron chi connectivity index (χ4n) is 11.0. The van der Waals surface area contributed by atoms with Crippen molar-refractivity contribution < 1.29 is 115 Å². The van der Waals surface area contributed by atoms with Crippen molar-refractivity contribution in [3.63, 3.8) is 0 Å². The number of aliphatic carboxylic acids is 4. The summed E-state index contributed by atoms with van der Waals surface area (Å²) in [4.78, 5) is 95.3. The van der Waals surface area contributed by atoms with Gasteiger partial charge in [-0.3, -0.25) is 0 Å². The van der Waals surface area contributed by atoms with Gasteiger partial charge in [0.25, 0.3) is 0 Å². The maximum absolute atomic E-state index is 14.7. The highest BCUT2D eigenvalue weighted by Crippen LogP contribution is 2.47. The summed E-state index contributed by atoms with van der Waals surface area (Å²) >= 11 is 0. The van der Waals surface area contributed by atoms with Gasteiger partial charge in [0.1, 0.15) is 35.9 Å². The van der Waals surface area contributed by atoms with E-state index in [1.54, 1.807) is 72.8 Å². The third-order valence-corrected chi connectivity index (χ3v) is 15.7. The molecule has 0 aromatic heterocycles. The van der Waals surface area contributed by atoms with E-state index < -0.39 is 95.7 Å². The molecule has 0 fully saturated rings. The monoisotopic (exact) mass is 1400 g/mol. The Labute approximate surface area is 582 Å². The second kappa shape index (κ2) is 36.2. The summed E-state index contributed by atoms with van der Waals surface area (Å²) in [5.41, 5.74) is 4.13. The van der Waals surface area contributed by atoms with Gasteiger partial charge < -0.3 is 68.2 Å². The van der Waals surface area contributed by atoms with Crippen LogP contribution in [0.3, 0.4) is 0 Å². The molecule has 0 aliphatic carbocycles. The van der Waals surface area contributed by atoms with Crippen LogP contribution in [0.15, 0.2) is 206 Å². The van der Waals surface area contributed by atoms with Crippen LogP contribution in [0.5, 0.6) is 0 Å². The SMILES string of the molecule is C[NH+](C)C[C@@H](F)C[C@@]1(c2ccc(F)cc2)OCc2cc(C#N)ccc21.C[NH+](C)C[C@@H](F)C[C@@]1(c2ccc(F)cc2)OCc2cc(C#N)ccc21.O=C(O[C@@H](C(=O)[O-])[C@@H](OC(=O)c1ccccc1)C(=O)O)c1ccccc1.O=C(O[C@@H](C(=O)[O-])[C@@H](OC(=O)c1ccccc1)C(=O)O)c1ccccc1. The average Bonchev–Trinajstić information content (AvgIpc) is 1.58. The normalized spacial score (nSPS) is 16.3. The van der Waals surface area contributed by atoms with Crippen molar-refractivity contribution in [1.82, 2.24) is 0 Å². The lowest BCUT2D eigenvalue weighted by molar-refractivity contribution is -0.861. The highest BCUT2D eigenvalue weighted by Gasteiger charge is 2.46. The number of ether oxygens (including phenoxy) is 6. The molecule has 22 nitrogen and oxygen atoms in total. The quantitative estimate of drug-likeness (QED) is 0.0342. The lowest BCUT2D eigenvalue weighted by Crippen LogP contribution is -3.06. The predicted molar refractivity (Wildman–Crippen MR) is 349 cm³/mol. The van der Waals surface area contributed by atoms with Gasteiger partial charge in [0.2, 0.25) is 12.2 Å². The number of quaternary nitrogens is 2. The minimum Gasteiger partial charge on any atom is -0.546 e. The number of hydrogen-bond acceptors (Lipinski definition) is 18. The molecule has 26 heteroatoms. The number of halogens is 4. The number of rotatable bonds is 24. The van der Waals surface area contributed by atoms with E-state index >= 15 is 0 Å². The summed E-state index contributed by atoms with van der Waals surface area (Å²) in [6.07, 6.45) is -11.0. The molecule has 0 spiro atoms. The number of carboxylic acid groups (broad SMARTS) is 4. The van der Waals surface area contributed by atoms with E-state index in [0.29, 0.717) is 37.4 Å². The van der Waals surface area contributed by atoms with Crippen LogP contribution in [0.1, 0.15) is 98.8 Å². The summed E-state index contributed by atoms with van der Waals surface area (Å²) in [5.74, 6) is -12.7. The number of benzene rings is 8. The van der Waals surface area contributed by atoms with Crippen molar-refractivity contribution in [3.8, 4) is 12.1 Å². The van der Waals surface area contributed by atoms with E-state index in [0.717, 1.165) is 43.2 Å². The van der Waals surface area contributed by atoms with E-state index in [9.17, 15) is 76.3 Å². The van der Waals surface area contributed by atoms with Gasteiger partial charge in [0.05, 0.1) is 98.9 Å². The van der Waals surface area contributed by atoms with Crippen LogP contribution in [0.2, 0.25) is 0 Å². The van der Waals surface area contributed by atoms with Crippen LogP contribution >= 0.6 is 0 Å². The number of carboxylic acids is 4. The Balaban J connectivity index is 0.000000191. The fraction of sp³-hybridized carbons (Fsp3) is 0.237. The van der Waals surface area contributed by atoms with Gasteiger partial charge in [0, 0.05) is 12.8 Å². The van der Waals surface area contributed by atoms with Crippen molar-refractivity contribution in [2.24, 2.45) is 0 Å². The van der Waals surface area contributed by atoms with Gasteiger partial charge in [0.15, 0.2) is 24.6 Å². The first-order valence-corrected chi connectivity index (χ1v) is 31.3. The number of alkyl halides is 2. The van der Waals surface area contributed by atoms with E-state index in [4.69, 9.17) is 38.9 Å². The number of esters is 4. The molecule has 2 aliphatic rings. The number of carbonyl (C=O) groups excluding carboxylic acids is 6. The summed E-state index contributed by atoms with van der Waals surface area (Å²) in [6, 6.07) is 56.3.